The molecule has 1 fully saturated rings. The zero-order valence-corrected chi connectivity index (χ0v) is 11.6. The average Bonchev–Trinajstić information content (AvgIpc) is 2.99. The second-order valence-corrected chi connectivity index (χ2v) is 6.36. The highest BCUT2D eigenvalue weighted by Crippen LogP contribution is 2.48. The molecule has 1 aromatic carbocycles. The van der Waals surface area contributed by atoms with Crippen molar-refractivity contribution >= 4 is 28.1 Å². The predicted molar refractivity (Wildman–Crippen MR) is 77.2 cm³/mol. The van der Waals surface area contributed by atoms with Crippen LogP contribution in [0.4, 0.5) is 5.13 Å². The lowest BCUT2D eigenvalue weighted by molar-refractivity contribution is 0.545. The fraction of sp³-hybridized carbons (Fsp3) is 0.357. The Bertz CT molecular complexity index is 541. The summed E-state index contributed by atoms with van der Waals surface area (Å²) in [7, 11) is 0. The van der Waals surface area contributed by atoms with Gasteiger partial charge in [-0.15, -0.1) is 11.3 Å². The van der Waals surface area contributed by atoms with Crippen LogP contribution < -0.4 is 5.73 Å². The number of halogens is 1. The van der Waals surface area contributed by atoms with E-state index in [4.69, 9.17) is 17.3 Å². The highest BCUT2D eigenvalue weighted by atomic mass is 35.5. The van der Waals surface area contributed by atoms with Gasteiger partial charge in [-0.3, -0.25) is 0 Å². The molecule has 0 spiro atoms. The van der Waals surface area contributed by atoms with Gasteiger partial charge in [0.1, 0.15) is 0 Å². The number of nitrogens with zero attached hydrogens (tertiary/aromatic N) is 1. The summed E-state index contributed by atoms with van der Waals surface area (Å²) in [6.45, 7) is 0. The standard InChI is InChI=1S/C14H15ClN2S/c15-11-5-3-10(4-6-11)14(7-1-2-8-14)12-9-17-13(16)18-12/h3-6,9H,1-2,7-8H2,(H2,16,17). The molecule has 94 valence electrons. The maximum atomic E-state index is 5.98. The molecule has 18 heavy (non-hydrogen) atoms. The fourth-order valence-corrected chi connectivity index (χ4v) is 4.01. The molecule has 0 atom stereocenters. The van der Waals surface area contributed by atoms with Crippen LogP contribution in [0, 0.1) is 0 Å². The Balaban J connectivity index is 2.09. The summed E-state index contributed by atoms with van der Waals surface area (Å²) in [4.78, 5) is 5.51. The van der Waals surface area contributed by atoms with Gasteiger partial charge >= 0.3 is 0 Å². The van der Waals surface area contributed by atoms with Crippen LogP contribution in [0.3, 0.4) is 0 Å². The molecule has 2 aromatic rings. The molecule has 1 saturated carbocycles. The Labute approximate surface area is 116 Å². The molecule has 2 N–H and O–H groups in total. The number of thiazole rings is 1. The van der Waals surface area contributed by atoms with Crippen LogP contribution in [-0.4, -0.2) is 4.98 Å². The number of benzene rings is 1. The number of hydrogen-bond acceptors (Lipinski definition) is 3. The van der Waals surface area contributed by atoms with Crippen molar-refractivity contribution in [3.63, 3.8) is 0 Å². The van der Waals surface area contributed by atoms with Crippen molar-refractivity contribution in [2.45, 2.75) is 31.1 Å². The number of nitrogens with two attached hydrogens (primary N) is 1. The van der Waals surface area contributed by atoms with Crippen molar-refractivity contribution in [3.8, 4) is 0 Å². The van der Waals surface area contributed by atoms with E-state index >= 15 is 0 Å². The third kappa shape index (κ3) is 1.91. The Kier molecular flexibility index (Phi) is 3.04. The first-order valence-corrected chi connectivity index (χ1v) is 7.38. The lowest BCUT2D eigenvalue weighted by Crippen LogP contribution is -2.22. The topological polar surface area (TPSA) is 38.9 Å². The third-order valence-corrected chi connectivity index (χ3v) is 5.13. The van der Waals surface area contributed by atoms with Crippen LogP contribution in [0.2, 0.25) is 5.02 Å². The second kappa shape index (κ2) is 4.56. The summed E-state index contributed by atoms with van der Waals surface area (Å²) in [5, 5.41) is 1.45. The summed E-state index contributed by atoms with van der Waals surface area (Å²) in [6.07, 6.45) is 6.83. The zero-order chi connectivity index (χ0) is 12.6. The molecule has 0 aliphatic heterocycles. The van der Waals surface area contributed by atoms with E-state index in [1.54, 1.807) is 11.3 Å². The highest BCUT2D eigenvalue weighted by Gasteiger charge is 2.38. The van der Waals surface area contributed by atoms with E-state index in [9.17, 15) is 0 Å². The average molecular weight is 279 g/mol. The minimum atomic E-state index is 0.111. The smallest absolute Gasteiger partial charge is 0.180 e. The molecule has 2 nitrogen and oxygen atoms in total. The monoisotopic (exact) mass is 278 g/mol. The number of aromatic nitrogens is 1. The molecule has 0 saturated heterocycles. The van der Waals surface area contributed by atoms with Gasteiger partial charge in [0.25, 0.3) is 0 Å². The molecule has 1 aliphatic carbocycles. The van der Waals surface area contributed by atoms with Crippen molar-refractivity contribution in [1.29, 1.82) is 0 Å². The number of rotatable bonds is 2. The summed E-state index contributed by atoms with van der Waals surface area (Å²) < 4.78 is 0. The number of hydrogen-bond donors (Lipinski definition) is 1. The van der Waals surface area contributed by atoms with Gasteiger partial charge in [-0.2, -0.15) is 0 Å². The summed E-state index contributed by atoms with van der Waals surface area (Å²) in [5.41, 5.74) is 7.25. The van der Waals surface area contributed by atoms with Gasteiger partial charge < -0.3 is 5.73 Å². The van der Waals surface area contributed by atoms with E-state index in [-0.39, 0.29) is 5.41 Å². The first-order valence-electron chi connectivity index (χ1n) is 6.18. The minimum absolute atomic E-state index is 0.111. The van der Waals surface area contributed by atoms with Crippen LogP contribution in [0.1, 0.15) is 36.1 Å². The Morgan fingerprint density at radius 2 is 1.83 bits per heavy atom. The third-order valence-electron chi connectivity index (χ3n) is 3.85. The van der Waals surface area contributed by atoms with Crippen molar-refractivity contribution in [1.82, 2.24) is 4.98 Å². The van der Waals surface area contributed by atoms with Crippen molar-refractivity contribution in [2.24, 2.45) is 0 Å². The van der Waals surface area contributed by atoms with E-state index in [2.05, 4.69) is 17.1 Å². The Morgan fingerprint density at radius 1 is 1.17 bits per heavy atom. The lowest BCUT2D eigenvalue weighted by atomic mass is 9.78. The maximum Gasteiger partial charge on any atom is 0.180 e. The number of anilines is 1. The molecule has 1 aliphatic rings. The molecule has 0 unspecified atom stereocenters. The minimum Gasteiger partial charge on any atom is -0.375 e. The zero-order valence-electron chi connectivity index (χ0n) is 10.0. The molecular formula is C14H15ClN2S. The largest absolute Gasteiger partial charge is 0.375 e. The molecule has 0 bridgehead atoms. The van der Waals surface area contributed by atoms with Crippen molar-refractivity contribution in [3.05, 3.63) is 45.9 Å². The summed E-state index contributed by atoms with van der Waals surface area (Å²) >= 11 is 7.60. The SMILES string of the molecule is Nc1ncc(C2(c3ccc(Cl)cc3)CCCC2)s1. The summed E-state index contributed by atoms with van der Waals surface area (Å²) in [6, 6.07) is 8.23. The molecule has 4 heteroatoms. The lowest BCUT2D eigenvalue weighted by Gasteiger charge is -2.28. The summed E-state index contributed by atoms with van der Waals surface area (Å²) in [5.74, 6) is 0. The fourth-order valence-electron chi connectivity index (χ4n) is 2.93. The first kappa shape index (κ1) is 12.0. The second-order valence-electron chi connectivity index (χ2n) is 4.86. The molecule has 0 amide bonds. The van der Waals surface area contributed by atoms with E-state index in [1.165, 1.54) is 36.1 Å². The van der Waals surface area contributed by atoms with E-state index < -0.39 is 0 Å². The molecule has 1 aromatic heterocycles. The van der Waals surface area contributed by atoms with Crippen LogP contribution in [0.25, 0.3) is 0 Å². The van der Waals surface area contributed by atoms with E-state index in [1.807, 2.05) is 18.3 Å². The van der Waals surface area contributed by atoms with Crippen LogP contribution in [0.15, 0.2) is 30.5 Å². The van der Waals surface area contributed by atoms with Gasteiger partial charge in [-0.25, -0.2) is 4.98 Å². The number of nitrogen functional groups attached to an aromatic ring is 1. The van der Waals surface area contributed by atoms with Gasteiger partial charge in [-0.05, 0) is 30.5 Å². The molecule has 0 radical (unpaired) electrons. The van der Waals surface area contributed by atoms with Crippen LogP contribution in [0.5, 0.6) is 0 Å². The Hall–Kier alpha value is -1.06. The normalized spacial score (nSPS) is 18.1. The van der Waals surface area contributed by atoms with Gasteiger partial charge in [0.15, 0.2) is 5.13 Å². The van der Waals surface area contributed by atoms with Gasteiger partial charge in [0, 0.05) is 21.5 Å². The van der Waals surface area contributed by atoms with Crippen molar-refractivity contribution < 1.29 is 0 Å². The van der Waals surface area contributed by atoms with Gasteiger partial charge in [-0.1, -0.05) is 36.6 Å². The predicted octanol–water partition coefficient (Wildman–Crippen LogP) is 4.24. The van der Waals surface area contributed by atoms with Crippen molar-refractivity contribution in [2.75, 3.05) is 5.73 Å². The molecule has 3 rings (SSSR count). The van der Waals surface area contributed by atoms with E-state index in [0.717, 1.165) is 5.02 Å². The van der Waals surface area contributed by atoms with E-state index in [0.29, 0.717) is 5.13 Å². The quantitative estimate of drug-likeness (QED) is 0.892. The van der Waals surface area contributed by atoms with Crippen LogP contribution >= 0.6 is 22.9 Å². The van der Waals surface area contributed by atoms with Gasteiger partial charge in [0.05, 0.1) is 0 Å². The van der Waals surface area contributed by atoms with Crippen LogP contribution in [-0.2, 0) is 5.41 Å². The maximum absolute atomic E-state index is 5.98. The van der Waals surface area contributed by atoms with Gasteiger partial charge in [0.2, 0.25) is 0 Å². The first-order chi connectivity index (χ1) is 8.71. The molecule has 1 heterocycles. The Morgan fingerprint density at radius 3 is 2.39 bits per heavy atom. The molecular weight excluding hydrogens is 264 g/mol. The highest BCUT2D eigenvalue weighted by molar-refractivity contribution is 7.15.